The molecule has 0 aliphatic rings. The lowest BCUT2D eigenvalue weighted by Crippen LogP contribution is -2.44. The van der Waals surface area contributed by atoms with Gasteiger partial charge in [-0.15, -0.1) is 0 Å². The van der Waals surface area contributed by atoms with Crippen molar-refractivity contribution in [3.8, 4) is 17.2 Å². The van der Waals surface area contributed by atoms with Crippen molar-refractivity contribution < 1.29 is 33.3 Å². The highest BCUT2D eigenvalue weighted by atomic mass is 16.5. The van der Waals surface area contributed by atoms with Crippen molar-refractivity contribution in [3.63, 3.8) is 0 Å². The summed E-state index contributed by atoms with van der Waals surface area (Å²) in [5.74, 6) is -0.436. The van der Waals surface area contributed by atoms with E-state index >= 15 is 0 Å². The fourth-order valence-corrected chi connectivity index (χ4v) is 2.18. The standard InChI is InChI=1S/C19H28N2O7/c1-6-25-14-9-13(10-15(26-7-2)17(14)27-8-3)18(23)28-11-16(22)21-19(24)20-12(4)5/h9-10,12H,6-8,11H2,1-5H3,(H2,20,21,22,24). The highest BCUT2D eigenvalue weighted by molar-refractivity contribution is 5.97. The number of carbonyl (C=O) groups excluding carboxylic acids is 3. The number of hydrogen-bond acceptors (Lipinski definition) is 7. The molecule has 28 heavy (non-hydrogen) atoms. The summed E-state index contributed by atoms with van der Waals surface area (Å²) >= 11 is 0. The lowest BCUT2D eigenvalue weighted by atomic mass is 10.2. The van der Waals surface area contributed by atoms with Crippen LogP contribution >= 0.6 is 0 Å². The Kier molecular flexibility index (Phi) is 9.63. The van der Waals surface area contributed by atoms with Gasteiger partial charge in [-0.3, -0.25) is 10.1 Å². The summed E-state index contributed by atoms with van der Waals surface area (Å²) in [7, 11) is 0. The van der Waals surface area contributed by atoms with E-state index in [9.17, 15) is 14.4 Å². The summed E-state index contributed by atoms with van der Waals surface area (Å²) in [6, 6.07) is 2.13. The third kappa shape index (κ3) is 7.34. The van der Waals surface area contributed by atoms with Crippen LogP contribution in [0, 0.1) is 0 Å². The highest BCUT2D eigenvalue weighted by Crippen LogP contribution is 2.39. The van der Waals surface area contributed by atoms with E-state index in [0.717, 1.165) is 0 Å². The van der Waals surface area contributed by atoms with Gasteiger partial charge in [0, 0.05) is 6.04 Å². The third-order valence-electron chi connectivity index (χ3n) is 3.15. The Morgan fingerprint density at radius 2 is 1.46 bits per heavy atom. The number of carbonyl (C=O) groups is 3. The second-order valence-electron chi connectivity index (χ2n) is 5.85. The van der Waals surface area contributed by atoms with Crippen LogP contribution in [0.5, 0.6) is 17.2 Å². The van der Waals surface area contributed by atoms with Gasteiger partial charge in [-0.25, -0.2) is 9.59 Å². The van der Waals surface area contributed by atoms with Crippen LogP contribution in [-0.4, -0.2) is 50.4 Å². The average Bonchev–Trinajstić information content (AvgIpc) is 2.61. The first-order chi connectivity index (χ1) is 13.3. The van der Waals surface area contributed by atoms with Crippen molar-refractivity contribution in [1.29, 1.82) is 0 Å². The van der Waals surface area contributed by atoms with Crippen LogP contribution in [0.4, 0.5) is 4.79 Å². The molecular weight excluding hydrogens is 368 g/mol. The van der Waals surface area contributed by atoms with E-state index < -0.39 is 24.5 Å². The molecule has 0 saturated heterocycles. The van der Waals surface area contributed by atoms with Crippen molar-refractivity contribution in [1.82, 2.24) is 10.6 Å². The Hall–Kier alpha value is -2.97. The number of nitrogens with one attached hydrogen (secondary N) is 2. The molecule has 1 aromatic carbocycles. The van der Waals surface area contributed by atoms with Gasteiger partial charge in [0.2, 0.25) is 5.75 Å². The molecule has 0 aliphatic heterocycles. The fraction of sp³-hybridized carbons (Fsp3) is 0.526. The summed E-state index contributed by atoms with van der Waals surface area (Å²) in [6.07, 6.45) is 0. The summed E-state index contributed by atoms with van der Waals surface area (Å²) in [5.41, 5.74) is 0.134. The molecule has 0 saturated carbocycles. The highest BCUT2D eigenvalue weighted by Gasteiger charge is 2.20. The predicted molar refractivity (Wildman–Crippen MR) is 102 cm³/mol. The second-order valence-corrected chi connectivity index (χ2v) is 5.85. The number of hydrogen-bond donors (Lipinski definition) is 2. The molecule has 0 atom stereocenters. The van der Waals surface area contributed by atoms with Crippen LogP contribution in [0.2, 0.25) is 0 Å². The van der Waals surface area contributed by atoms with Crippen LogP contribution in [0.15, 0.2) is 12.1 Å². The average molecular weight is 396 g/mol. The van der Waals surface area contributed by atoms with E-state index in [-0.39, 0.29) is 11.6 Å². The van der Waals surface area contributed by atoms with Crippen molar-refractivity contribution in [2.45, 2.75) is 40.7 Å². The van der Waals surface area contributed by atoms with Gasteiger partial charge in [-0.1, -0.05) is 0 Å². The number of amides is 3. The Labute approximate surface area is 164 Å². The van der Waals surface area contributed by atoms with E-state index in [1.54, 1.807) is 27.7 Å². The van der Waals surface area contributed by atoms with Gasteiger partial charge in [0.15, 0.2) is 18.1 Å². The number of benzene rings is 1. The summed E-state index contributed by atoms with van der Waals surface area (Å²) < 4.78 is 21.6. The molecule has 0 fully saturated rings. The topological polar surface area (TPSA) is 112 Å². The zero-order valence-corrected chi connectivity index (χ0v) is 16.9. The number of rotatable bonds is 10. The number of ether oxygens (including phenoxy) is 4. The Morgan fingerprint density at radius 1 is 0.929 bits per heavy atom. The maximum atomic E-state index is 12.3. The van der Waals surface area contributed by atoms with Gasteiger partial charge in [-0.05, 0) is 46.8 Å². The van der Waals surface area contributed by atoms with Gasteiger partial charge >= 0.3 is 12.0 Å². The van der Waals surface area contributed by atoms with E-state index in [1.165, 1.54) is 12.1 Å². The SMILES string of the molecule is CCOc1cc(C(=O)OCC(=O)NC(=O)NC(C)C)cc(OCC)c1OCC. The first-order valence-corrected chi connectivity index (χ1v) is 9.16. The summed E-state index contributed by atoms with van der Waals surface area (Å²) in [6.45, 7) is 9.43. The van der Waals surface area contributed by atoms with Gasteiger partial charge in [0.1, 0.15) is 0 Å². The Bertz CT molecular complexity index is 662. The lowest BCUT2D eigenvalue weighted by Gasteiger charge is -2.16. The molecule has 156 valence electrons. The monoisotopic (exact) mass is 396 g/mol. The van der Waals surface area contributed by atoms with Gasteiger partial charge in [-0.2, -0.15) is 0 Å². The van der Waals surface area contributed by atoms with E-state index in [1.807, 2.05) is 6.92 Å². The predicted octanol–water partition coefficient (Wildman–Crippen LogP) is 2.27. The van der Waals surface area contributed by atoms with Gasteiger partial charge < -0.3 is 24.3 Å². The van der Waals surface area contributed by atoms with Crippen molar-refractivity contribution in [3.05, 3.63) is 17.7 Å². The largest absolute Gasteiger partial charge is 0.490 e. The van der Waals surface area contributed by atoms with Crippen molar-refractivity contribution >= 4 is 17.9 Å². The van der Waals surface area contributed by atoms with Crippen molar-refractivity contribution in [2.75, 3.05) is 26.4 Å². The Morgan fingerprint density at radius 3 is 1.93 bits per heavy atom. The van der Waals surface area contributed by atoms with Gasteiger partial charge in [0.05, 0.1) is 25.4 Å². The first kappa shape index (κ1) is 23.1. The van der Waals surface area contributed by atoms with Gasteiger partial charge in [0.25, 0.3) is 5.91 Å². The van der Waals surface area contributed by atoms with Crippen LogP contribution in [-0.2, 0) is 9.53 Å². The normalized spacial score (nSPS) is 10.2. The molecule has 9 nitrogen and oxygen atoms in total. The lowest BCUT2D eigenvalue weighted by molar-refractivity contribution is -0.123. The van der Waals surface area contributed by atoms with E-state index in [2.05, 4.69) is 10.6 Å². The number of urea groups is 1. The molecule has 9 heteroatoms. The zero-order chi connectivity index (χ0) is 21.1. The molecule has 1 rings (SSSR count). The second kappa shape index (κ2) is 11.7. The molecule has 0 heterocycles. The molecule has 3 amide bonds. The molecule has 0 aromatic heterocycles. The number of imide groups is 1. The number of esters is 1. The smallest absolute Gasteiger partial charge is 0.338 e. The minimum atomic E-state index is -0.760. The van der Waals surface area contributed by atoms with Crippen molar-refractivity contribution in [2.24, 2.45) is 0 Å². The molecule has 1 aromatic rings. The molecular formula is C19H28N2O7. The van der Waals surface area contributed by atoms with E-state index in [0.29, 0.717) is 37.1 Å². The molecule has 2 N–H and O–H groups in total. The molecule has 0 radical (unpaired) electrons. The summed E-state index contributed by atoms with van der Waals surface area (Å²) in [5, 5.41) is 4.57. The quantitative estimate of drug-likeness (QED) is 0.584. The molecule has 0 aliphatic carbocycles. The third-order valence-corrected chi connectivity index (χ3v) is 3.15. The molecule has 0 unspecified atom stereocenters. The molecule has 0 spiro atoms. The van der Waals surface area contributed by atoms with Crippen LogP contribution in [0.25, 0.3) is 0 Å². The first-order valence-electron chi connectivity index (χ1n) is 9.16. The molecule has 0 bridgehead atoms. The minimum absolute atomic E-state index is 0.131. The minimum Gasteiger partial charge on any atom is -0.490 e. The maximum Gasteiger partial charge on any atom is 0.338 e. The zero-order valence-electron chi connectivity index (χ0n) is 16.9. The van der Waals surface area contributed by atoms with Crippen LogP contribution in [0.3, 0.4) is 0 Å². The fourth-order valence-electron chi connectivity index (χ4n) is 2.18. The van der Waals surface area contributed by atoms with E-state index in [4.69, 9.17) is 18.9 Å². The summed E-state index contributed by atoms with van der Waals surface area (Å²) in [4.78, 5) is 35.6. The Balaban J connectivity index is 2.88. The maximum absolute atomic E-state index is 12.3. The van der Waals surface area contributed by atoms with Crippen LogP contribution in [0.1, 0.15) is 45.0 Å². The van der Waals surface area contributed by atoms with Crippen LogP contribution < -0.4 is 24.8 Å².